The molecule has 320 valence electrons. The number of nitrogens with zero attached hydrogens (tertiary/aromatic N) is 3. The van der Waals surface area contributed by atoms with Crippen molar-refractivity contribution in [2.75, 3.05) is 26.7 Å². The van der Waals surface area contributed by atoms with Crippen molar-refractivity contribution in [1.29, 1.82) is 0 Å². The number of hydrogen-bond acceptors (Lipinski definition) is 11. The van der Waals surface area contributed by atoms with Gasteiger partial charge in [0.15, 0.2) is 0 Å². The molecule has 2 saturated carbocycles. The Morgan fingerprint density at radius 1 is 1.07 bits per heavy atom. The molecule has 3 fully saturated rings. The third-order valence-electron chi connectivity index (χ3n) is 10.9. The van der Waals surface area contributed by atoms with E-state index in [1.165, 1.54) is 15.9 Å². The number of hydrogen-bond donors (Lipinski definition) is 2. The van der Waals surface area contributed by atoms with E-state index in [0.29, 0.717) is 40.9 Å². The van der Waals surface area contributed by atoms with Crippen LogP contribution < -0.4 is 19.5 Å². The first kappa shape index (κ1) is 43.8. The fourth-order valence-electron chi connectivity index (χ4n) is 7.55. The van der Waals surface area contributed by atoms with Crippen LogP contribution >= 0.6 is 0 Å². The highest BCUT2D eigenvalue weighted by Gasteiger charge is 2.62. The van der Waals surface area contributed by atoms with Gasteiger partial charge in [0, 0.05) is 48.5 Å². The topological polar surface area (TPSA) is 191 Å². The third-order valence-corrected chi connectivity index (χ3v) is 12.7. The summed E-state index contributed by atoms with van der Waals surface area (Å²) in [5.41, 5.74) is -0.488. The number of sulfonamides is 1. The van der Waals surface area contributed by atoms with Crippen molar-refractivity contribution in [2.45, 2.75) is 88.3 Å². The maximum atomic E-state index is 14.9. The van der Waals surface area contributed by atoms with E-state index in [1.807, 2.05) is 30.3 Å². The molecular weight excluding hydrogens is 791 g/mol. The molecule has 2 aliphatic carbocycles. The molecule has 0 spiro atoms. The number of likely N-dealkylation sites (tertiary alicyclic amines) is 1. The molecule has 4 amide bonds. The van der Waals surface area contributed by atoms with Gasteiger partial charge in [-0.3, -0.25) is 28.7 Å². The van der Waals surface area contributed by atoms with Gasteiger partial charge in [0.2, 0.25) is 27.7 Å². The van der Waals surface area contributed by atoms with Crippen molar-refractivity contribution < 1.29 is 46.6 Å². The molecule has 0 radical (unpaired) electrons. The summed E-state index contributed by atoms with van der Waals surface area (Å²) in [6.07, 6.45) is 2.30. The Kier molecular flexibility index (Phi) is 12.7. The second-order valence-electron chi connectivity index (χ2n) is 16.5. The summed E-state index contributed by atoms with van der Waals surface area (Å²) < 4.78 is 45.6. The van der Waals surface area contributed by atoms with Gasteiger partial charge in [-0.1, -0.05) is 43.0 Å². The minimum Gasteiger partial charge on any atom is -0.497 e. The van der Waals surface area contributed by atoms with Crippen molar-refractivity contribution >= 4 is 50.5 Å². The predicted octanol–water partition coefficient (Wildman–Crippen LogP) is 4.31. The number of aromatic nitrogens is 1. The first-order chi connectivity index (χ1) is 28.4. The van der Waals surface area contributed by atoms with Gasteiger partial charge in [-0.2, -0.15) is 0 Å². The summed E-state index contributed by atoms with van der Waals surface area (Å²) in [4.78, 5) is 76.8. The van der Waals surface area contributed by atoms with Crippen molar-refractivity contribution in [3.63, 3.8) is 0 Å². The molecule has 1 aliphatic heterocycles. The Hall–Kier alpha value is -5.77. The summed E-state index contributed by atoms with van der Waals surface area (Å²) in [6, 6.07) is 15.4. The number of fused-ring (bicyclic) bond motifs is 1. The lowest BCUT2D eigenvalue weighted by atomic mass is 10.0. The fourth-order valence-corrected chi connectivity index (χ4v) is 8.91. The molecule has 2 aromatic carbocycles. The molecule has 2 heterocycles. The third kappa shape index (κ3) is 9.81. The van der Waals surface area contributed by atoms with Crippen LogP contribution in [0.4, 0.5) is 0 Å². The lowest BCUT2D eigenvalue weighted by Crippen LogP contribution is -2.57. The molecule has 2 N–H and O–H groups in total. The second kappa shape index (κ2) is 17.4. The van der Waals surface area contributed by atoms with Gasteiger partial charge in [-0.05, 0) is 65.2 Å². The molecule has 0 unspecified atom stereocenters. The number of methoxy groups -OCH3 is 1. The summed E-state index contributed by atoms with van der Waals surface area (Å²) in [6.45, 7) is 14.1. The number of carbonyl (C=O) groups is 5. The van der Waals surface area contributed by atoms with Crippen LogP contribution in [0.3, 0.4) is 0 Å². The molecule has 6 rings (SSSR count). The summed E-state index contributed by atoms with van der Waals surface area (Å²) in [7, 11) is -2.40. The molecule has 0 bridgehead atoms. The number of benzene rings is 2. The average molecular weight is 844 g/mol. The first-order valence-corrected chi connectivity index (χ1v) is 21.6. The van der Waals surface area contributed by atoms with E-state index in [0.717, 1.165) is 11.6 Å². The van der Waals surface area contributed by atoms with E-state index in [2.05, 4.69) is 23.2 Å². The van der Waals surface area contributed by atoms with Crippen LogP contribution in [0, 0.1) is 11.8 Å². The lowest BCUT2D eigenvalue weighted by Gasteiger charge is -2.32. The summed E-state index contributed by atoms with van der Waals surface area (Å²) in [5, 5.41) is 2.76. The molecule has 15 nitrogen and oxygen atoms in total. The van der Waals surface area contributed by atoms with E-state index in [-0.39, 0.29) is 32.5 Å². The van der Waals surface area contributed by atoms with Crippen molar-refractivity contribution in [2.24, 2.45) is 11.8 Å². The molecule has 1 aromatic heterocycles. The standard InChI is InChI=1S/C44H53N5O10S/c1-8-29-24-44(29,42(54)47-60(55,56)32-17-18-32)46-40(52)36-22-31(26-49(36)41(53)28(20-39(51)59-43(4,5)6)25-48(10-3)38(50)9-2)58-37-23-34(27-14-12-11-13-15-27)45-35-21-30(57-7)16-19-33(35)37/h8-9,11-16,19,21,23,28-29,31-32,36H,1-2,10,17-18,20,22,24-26H2,3-7H3,(H,46,52)(H,47,54)/t28-,29+,31+,36-,44+/m0/s1. The van der Waals surface area contributed by atoms with Gasteiger partial charge in [0.1, 0.15) is 34.8 Å². The monoisotopic (exact) mass is 843 g/mol. The molecule has 1 saturated heterocycles. The largest absolute Gasteiger partial charge is 0.497 e. The van der Waals surface area contributed by atoms with Gasteiger partial charge >= 0.3 is 5.97 Å². The number of rotatable bonds is 17. The molecule has 3 aliphatic rings. The van der Waals surface area contributed by atoms with Gasteiger partial charge in [0.05, 0.1) is 42.5 Å². The number of amides is 4. The van der Waals surface area contributed by atoms with E-state index < -0.39 is 86.4 Å². The molecule has 60 heavy (non-hydrogen) atoms. The van der Waals surface area contributed by atoms with E-state index in [1.54, 1.807) is 59.1 Å². The maximum Gasteiger partial charge on any atom is 0.307 e. The van der Waals surface area contributed by atoms with Gasteiger partial charge in [-0.15, -0.1) is 6.58 Å². The number of pyridine rings is 1. The van der Waals surface area contributed by atoms with Crippen LogP contribution in [0.1, 0.15) is 59.8 Å². The smallest absolute Gasteiger partial charge is 0.307 e. The van der Waals surface area contributed by atoms with E-state index >= 15 is 0 Å². The summed E-state index contributed by atoms with van der Waals surface area (Å²) in [5.74, 6) is -4.09. The highest BCUT2D eigenvalue weighted by atomic mass is 32.2. The molecule has 5 atom stereocenters. The van der Waals surface area contributed by atoms with Crippen molar-refractivity contribution in [1.82, 2.24) is 24.8 Å². The molecule has 3 aromatic rings. The minimum absolute atomic E-state index is 0.0444. The highest BCUT2D eigenvalue weighted by Crippen LogP contribution is 2.46. The Balaban J connectivity index is 1.37. The Labute approximate surface area is 350 Å². The van der Waals surface area contributed by atoms with Crippen LogP contribution in [0.5, 0.6) is 11.5 Å². The van der Waals surface area contributed by atoms with Crippen LogP contribution in [-0.4, -0.2) is 108 Å². The van der Waals surface area contributed by atoms with Crippen molar-refractivity contribution in [3.8, 4) is 22.8 Å². The second-order valence-corrected chi connectivity index (χ2v) is 18.4. The lowest BCUT2D eigenvalue weighted by molar-refractivity contribution is -0.159. The number of esters is 1. The Morgan fingerprint density at radius 2 is 1.78 bits per heavy atom. The van der Waals surface area contributed by atoms with Gasteiger partial charge < -0.3 is 29.3 Å². The normalized spacial score (nSPS) is 21.6. The van der Waals surface area contributed by atoms with Crippen molar-refractivity contribution in [3.05, 3.63) is 79.9 Å². The number of carbonyl (C=O) groups excluding carboxylic acids is 5. The average Bonchev–Trinajstić information content (AvgIpc) is 4.15. The van der Waals surface area contributed by atoms with Crippen LogP contribution in [0.25, 0.3) is 22.2 Å². The molecule has 16 heteroatoms. The summed E-state index contributed by atoms with van der Waals surface area (Å²) >= 11 is 0. The SMILES string of the molecule is C=CC(=O)N(CC)C[C@H](CC(=O)OC(C)(C)C)C(=O)N1C[C@H](Oc2cc(-c3ccccc3)nc3cc(OC)ccc23)C[C@H]1C(=O)N[C@]1(C(=O)NS(=O)(=O)C2CC2)C[C@H]1C=C. The minimum atomic E-state index is -3.95. The van der Waals surface area contributed by atoms with E-state index in [9.17, 15) is 32.4 Å². The van der Waals surface area contributed by atoms with Crippen LogP contribution in [0.2, 0.25) is 0 Å². The fraction of sp³-hybridized carbons (Fsp3) is 0.455. The number of likely N-dealkylation sites (N-methyl/N-ethyl adjacent to an activating group) is 1. The van der Waals surface area contributed by atoms with Crippen LogP contribution in [0.15, 0.2) is 79.9 Å². The Bertz CT molecular complexity index is 2290. The predicted molar refractivity (Wildman–Crippen MR) is 224 cm³/mol. The zero-order valence-electron chi connectivity index (χ0n) is 34.6. The highest BCUT2D eigenvalue weighted by molar-refractivity contribution is 7.91. The zero-order chi connectivity index (χ0) is 43.6. The number of ether oxygens (including phenoxy) is 3. The quantitative estimate of drug-likeness (QED) is 0.112. The van der Waals surface area contributed by atoms with Gasteiger partial charge in [0.25, 0.3) is 5.91 Å². The number of nitrogens with one attached hydrogen (secondary N) is 2. The maximum absolute atomic E-state index is 14.9. The van der Waals surface area contributed by atoms with E-state index in [4.69, 9.17) is 19.2 Å². The van der Waals surface area contributed by atoms with Crippen LogP contribution in [-0.2, 0) is 38.7 Å². The first-order valence-electron chi connectivity index (χ1n) is 20.1. The van der Waals surface area contributed by atoms with Gasteiger partial charge in [-0.25, -0.2) is 13.4 Å². The zero-order valence-corrected chi connectivity index (χ0v) is 35.5. The molecular formula is C44H53N5O10S. The Morgan fingerprint density at radius 3 is 2.38 bits per heavy atom.